The summed E-state index contributed by atoms with van der Waals surface area (Å²) in [5.74, 6) is -1.10. The van der Waals surface area contributed by atoms with Gasteiger partial charge in [0.15, 0.2) is 11.6 Å². The third-order valence-corrected chi connectivity index (χ3v) is 3.66. The Morgan fingerprint density at radius 3 is 2.62 bits per heavy atom. The maximum absolute atomic E-state index is 14.0. The topological polar surface area (TPSA) is 39.2 Å². The predicted molar refractivity (Wildman–Crippen MR) is 78.0 cm³/mol. The zero-order valence-electron chi connectivity index (χ0n) is 11.6. The van der Waals surface area contributed by atoms with Crippen molar-refractivity contribution >= 4 is 11.0 Å². The standard InChI is InChI=1S/C17H15F2NO/c1-2-13-15(10-6-3-4-9-14(10)21-13)17(20)11-7-5-8-12(18)16(11)19/h3-9,17H,2,20H2,1H3. The Labute approximate surface area is 121 Å². The van der Waals surface area contributed by atoms with Crippen molar-refractivity contribution in [2.24, 2.45) is 5.73 Å². The van der Waals surface area contributed by atoms with Crippen molar-refractivity contribution in [3.05, 3.63) is 71.0 Å². The molecule has 1 aromatic heterocycles. The molecule has 3 rings (SSSR count). The van der Waals surface area contributed by atoms with Gasteiger partial charge in [-0.15, -0.1) is 0 Å². The molecule has 2 N–H and O–H groups in total. The summed E-state index contributed by atoms with van der Waals surface area (Å²) in [6, 6.07) is 10.7. The zero-order chi connectivity index (χ0) is 15.0. The Kier molecular flexibility index (Phi) is 3.47. The van der Waals surface area contributed by atoms with Crippen LogP contribution in [0.3, 0.4) is 0 Å². The van der Waals surface area contributed by atoms with E-state index in [2.05, 4.69) is 0 Å². The SMILES string of the molecule is CCc1oc2ccccc2c1C(N)c1cccc(F)c1F. The number of halogens is 2. The van der Waals surface area contributed by atoms with E-state index in [0.717, 1.165) is 17.0 Å². The summed E-state index contributed by atoms with van der Waals surface area (Å²) in [6.45, 7) is 1.94. The molecular weight excluding hydrogens is 272 g/mol. The Morgan fingerprint density at radius 1 is 1.10 bits per heavy atom. The quantitative estimate of drug-likeness (QED) is 0.779. The van der Waals surface area contributed by atoms with Crippen LogP contribution in [-0.4, -0.2) is 0 Å². The highest BCUT2D eigenvalue weighted by molar-refractivity contribution is 5.83. The molecular formula is C17H15F2NO. The largest absolute Gasteiger partial charge is 0.461 e. The molecule has 0 aliphatic carbocycles. The van der Waals surface area contributed by atoms with Gasteiger partial charge < -0.3 is 10.2 Å². The number of furan rings is 1. The summed E-state index contributed by atoms with van der Waals surface area (Å²) < 4.78 is 33.2. The molecule has 108 valence electrons. The zero-order valence-corrected chi connectivity index (χ0v) is 11.6. The third-order valence-electron chi connectivity index (χ3n) is 3.66. The molecule has 0 fully saturated rings. The molecule has 0 bridgehead atoms. The van der Waals surface area contributed by atoms with Crippen LogP contribution in [0.5, 0.6) is 0 Å². The Bertz CT molecular complexity index is 795. The monoisotopic (exact) mass is 287 g/mol. The molecule has 2 aromatic carbocycles. The van der Waals surface area contributed by atoms with Crippen molar-refractivity contribution in [2.75, 3.05) is 0 Å². The third kappa shape index (κ3) is 2.21. The maximum Gasteiger partial charge on any atom is 0.163 e. The summed E-state index contributed by atoms with van der Waals surface area (Å²) in [4.78, 5) is 0. The van der Waals surface area contributed by atoms with Gasteiger partial charge >= 0.3 is 0 Å². The number of benzene rings is 2. The van der Waals surface area contributed by atoms with Crippen molar-refractivity contribution in [1.82, 2.24) is 0 Å². The average molecular weight is 287 g/mol. The van der Waals surface area contributed by atoms with E-state index in [-0.39, 0.29) is 5.56 Å². The van der Waals surface area contributed by atoms with Crippen molar-refractivity contribution in [1.29, 1.82) is 0 Å². The molecule has 3 aromatic rings. The first-order chi connectivity index (χ1) is 10.1. The van der Waals surface area contributed by atoms with Gasteiger partial charge in [-0.05, 0) is 12.1 Å². The molecule has 2 nitrogen and oxygen atoms in total. The molecule has 0 saturated carbocycles. The fraction of sp³-hybridized carbons (Fsp3) is 0.176. The lowest BCUT2D eigenvalue weighted by Crippen LogP contribution is -2.15. The number of nitrogens with two attached hydrogens (primary N) is 1. The summed E-state index contributed by atoms with van der Waals surface area (Å²) in [7, 11) is 0. The van der Waals surface area contributed by atoms with Gasteiger partial charge in [0, 0.05) is 22.9 Å². The predicted octanol–water partition coefficient (Wildman–Crippen LogP) is 4.32. The molecule has 4 heteroatoms. The van der Waals surface area contributed by atoms with E-state index < -0.39 is 17.7 Å². The van der Waals surface area contributed by atoms with Crippen molar-refractivity contribution in [2.45, 2.75) is 19.4 Å². The minimum Gasteiger partial charge on any atom is -0.461 e. The van der Waals surface area contributed by atoms with E-state index in [9.17, 15) is 8.78 Å². The normalized spacial score (nSPS) is 12.8. The Balaban J connectivity index is 2.21. The van der Waals surface area contributed by atoms with Gasteiger partial charge in [-0.1, -0.05) is 37.3 Å². The summed E-state index contributed by atoms with van der Waals surface area (Å²) in [5.41, 5.74) is 7.77. The molecule has 1 atom stereocenters. The Morgan fingerprint density at radius 2 is 1.86 bits per heavy atom. The van der Waals surface area contributed by atoms with Crippen LogP contribution in [0, 0.1) is 11.6 Å². The number of aryl methyl sites for hydroxylation is 1. The molecule has 1 heterocycles. The lowest BCUT2D eigenvalue weighted by molar-refractivity contribution is 0.492. The van der Waals surface area contributed by atoms with Crippen LogP contribution in [-0.2, 0) is 6.42 Å². The number of hydrogen-bond donors (Lipinski definition) is 1. The smallest absolute Gasteiger partial charge is 0.163 e. The first kappa shape index (κ1) is 13.8. The highest BCUT2D eigenvalue weighted by Crippen LogP contribution is 2.34. The molecule has 0 spiro atoms. The maximum atomic E-state index is 14.0. The number of rotatable bonds is 3. The molecule has 0 amide bonds. The van der Waals surface area contributed by atoms with Crippen LogP contribution in [0.1, 0.15) is 29.9 Å². The fourth-order valence-electron chi connectivity index (χ4n) is 2.64. The fourth-order valence-corrected chi connectivity index (χ4v) is 2.64. The molecule has 0 saturated heterocycles. The number of fused-ring (bicyclic) bond motifs is 1. The van der Waals surface area contributed by atoms with E-state index in [1.54, 1.807) is 0 Å². The van der Waals surface area contributed by atoms with E-state index in [1.807, 2.05) is 31.2 Å². The Hall–Kier alpha value is -2.20. The minimum atomic E-state index is -0.905. The number of hydrogen-bond acceptors (Lipinski definition) is 2. The van der Waals surface area contributed by atoms with Crippen molar-refractivity contribution in [3.63, 3.8) is 0 Å². The minimum absolute atomic E-state index is 0.135. The first-order valence-corrected chi connectivity index (χ1v) is 6.83. The average Bonchev–Trinajstić information content (AvgIpc) is 2.88. The lowest BCUT2D eigenvalue weighted by atomic mass is 9.95. The van der Waals surface area contributed by atoms with Crippen LogP contribution in [0.2, 0.25) is 0 Å². The van der Waals surface area contributed by atoms with Gasteiger partial charge in [0.25, 0.3) is 0 Å². The summed E-state index contributed by atoms with van der Waals surface area (Å²) >= 11 is 0. The van der Waals surface area contributed by atoms with Crippen LogP contribution in [0.4, 0.5) is 8.78 Å². The van der Waals surface area contributed by atoms with Gasteiger partial charge in [-0.3, -0.25) is 0 Å². The highest BCUT2D eigenvalue weighted by atomic mass is 19.2. The van der Waals surface area contributed by atoms with E-state index >= 15 is 0 Å². The van der Waals surface area contributed by atoms with Gasteiger partial charge in [0.2, 0.25) is 0 Å². The van der Waals surface area contributed by atoms with Crippen molar-refractivity contribution in [3.8, 4) is 0 Å². The first-order valence-electron chi connectivity index (χ1n) is 6.83. The molecule has 0 aliphatic rings. The van der Waals surface area contributed by atoms with Gasteiger partial charge in [0.1, 0.15) is 11.3 Å². The van der Waals surface area contributed by atoms with Crippen LogP contribution < -0.4 is 5.73 Å². The molecule has 0 aliphatic heterocycles. The number of para-hydroxylation sites is 1. The second-order valence-corrected chi connectivity index (χ2v) is 4.91. The molecule has 21 heavy (non-hydrogen) atoms. The van der Waals surface area contributed by atoms with Crippen molar-refractivity contribution < 1.29 is 13.2 Å². The van der Waals surface area contributed by atoms with E-state index in [1.165, 1.54) is 12.1 Å². The molecule has 1 unspecified atom stereocenters. The van der Waals surface area contributed by atoms with E-state index in [0.29, 0.717) is 17.8 Å². The lowest BCUT2D eigenvalue weighted by Gasteiger charge is -2.14. The highest BCUT2D eigenvalue weighted by Gasteiger charge is 2.23. The van der Waals surface area contributed by atoms with Crippen LogP contribution in [0.25, 0.3) is 11.0 Å². The van der Waals surface area contributed by atoms with E-state index in [4.69, 9.17) is 10.2 Å². The summed E-state index contributed by atoms with van der Waals surface area (Å²) in [5, 5.41) is 0.838. The second-order valence-electron chi connectivity index (χ2n) is 4.91. The van der Waals surface area contributed by atoms with Crippen LogP contribution in [0.15, 0.2) is 46.9 Å². The van der Waals surface area contributed by atoms with Gasteiger partial charge in [-0.25, -0.2) is 8.78 Å². The van der Waals surface area contributed by atoms with Crippen LogP contribution >= 0.6 is 0 Å². The van der Waals surface area contributed by atoms with Gasteiger partial charge in [-0.2, -0.15) is 0 Å². The van der Waals surface area contributed by atoms with Gasteiger partial charge in [0.05, 0.1) is 6.04 Å². The second kappa shape index (κ2) is 5.30. The molecule has 0 radical (unpaired) electrons. The summed E-state index contributed by atoms with van der Waals surface area (Å²) in [6.07, 6.45) is 0.634.